The highest BCUT2D eigenvalue weighted by Crippen LogP contribution is 2.18. The SMILES string of the molecule is O=S1(=O)CCC(NCc2cccc3cnccc23)CC1. The Morgan fingerprint density at radius 2 is 2.00 bits per heavy atom. The van der Waals surface area contributed by atoms with E-state index in [1.165, 1.54) is 10.9 Å². The molecule has 0 spiro atoms. The second kappa shape index (κ2) is 5.50. The predicted octanol–water partition coefficient (Wildman–Crippen LogP) is 1.90. The zero-order chi connectivity index (χ0) is 14.0. The third kappa shape index (κ3) is 2.99. The van der Waals surface area contributed by atoms with Crippen molar-refractivity contribution in [1.82, 2.24) is 10.3 Å². The molecular formula is C15H18N2O2S. The van der Waals surface area contributed by atoms with Gasteiger partial charge in [0.15, 0.2) is 0 Å². The lowest BCUT2D eigenvalue weighted by Gasteiger charge is -2.23. The molecule has 0 radical (unpaired) electrons. The van der Waals surface area contributed by atoms with E-state index in [1.54, 1.807) is 6.20 Å². The molecule has 4 nitrogen and oxygen atoms in total. The summed E-state index contributed by atoms with van der Waals surface area (Å²) in [6.45, 7) is 0.770. The molecule has 3 rings (SSSR count). The van der Waals surface area contributed by atoms with Crippen molar-refractivity contribution >= 4 is 20.6 Å². The Morgan fingerprint density at radius 1 is 1.20 bits per heavy atom. The third-order valence-corrected chi connectivity index (χ3v) is 5.62. The van der Waals surface area contributed by atoms with Gasteiger partial charge in [-0.3, -0.25) is 4.98 Å². The molecule has 1 aliphatic heterocycles. The van der Waals surface area contributed by atoms with Crippen LogP contribution in [0.25, 0.3) is 10.8 Å². The first-order chi connectivity index (χ1) is 9.64. The first-order valence-corrected chi connectivity index (χ1v) is 8.72. The van der Waals surface area contributed by atoms with Gasteiger partial charge < -0.3 is 5.32 Å². The van der Waals surface area contributed by atoms with Gasteiger partial charge in [0.05, 0.1) is 11.5 Å². The number of nitrogens with one attached hydrogen (secondary N) is 1. The molecule has 0 bridgehead atoms. The molecule has 1 aliphatic rings. The highest BCUT2D eigenvalue weighted by atomic mass is 32.2. The summed E-state index contributed by atoms with van der Waals surface area (Å²) in [7, 11) is -2.78. The Hall–Kier alpha value is -1.46. The van der Waals surface area contributed by atoms with E-state index in [0.29, 0.717) is 30.4 Å². The summed E-state index contributed by atoms with van der Waals surface area (Å²) in [6, 6.07) is 8.52. The van der Waals surface area contributed by atoms with Crippen LogP contribution >= 0.6 is 0 Å². The number of hydrogen-bond donors (Lipinski definition) is 1. The Balaban J connectivity index is 1.69. The van der Waals surface area contributed by atoms with Crippen molar-refractivity contribution in [2.75, 3.05) is 11.5 Å². The van der Waals surface area contributed by atoms with Gasteiger partial charge in [-0.05, 0) is 29.9 Å². The fourth-order valence-corrected chi connectivity index (χ4v) is 4.18. The van der Waals surface area contributed by atoms with Gasteiger partial charge in [-0.15, -0.1) is 0 Å². The standard InChI is InChI=1S/C15H18N2O2S/c18-20(19)8-5-14(6-9-20)17-11-13-3-1-2-12-10-16-7-4-15(12)13/h1-4,7,10,14,17H,5-6,8-9,11H2. The first kappa shape index (κ1) is 13.5. The summed E-state index contributed by atoms with van der Waals surface area (Å²) in [5.74, 6) is 0.619. The van der Waals surface area contributed by atoms with Crippen LogP contribution in [0.1, 0.15) is 18.4 Å². The number of fused-ring (bicyclic) bond motifs is 1. The minimum atomic E-state index is -2.78. The largest absolute Gasteiger partial charge is 0.310 e. The number of benzene rings is 1. The van der Waals surface area contributed by atoms with Gasteiger partial charge in [0.2, 0.25) is 0 Å². The van der Waals surface area contributed by atoms with Crippen molar-refractivity contribution in [2.45, 2.75) is 25.4 Å². The van der Waals surface area contributed by atoms with Crippen LogP contribution in [0.2, 0.25) is 0 Å². The second-order valence-corrected chi connectivity index (χ2v) is 7.62. The molecule has 0 saturated carbocycles. The topological polar surface area (TPSA) is 59.1 Å². The van der Waals surface area contributed by atoms with Crippen molar-refractivity contribution in [2.24, 2.45) is 0 Å². The van der Waals surface area contributed by atoms with Gasteiger partial charge in [0.1, 0.15) is 9.84 Å². The molecule has 0 aliphatic carbocycles. The van der Waals surface area contributed by atoms with Gasteiger partial charge in [-0.2, -0.15) is 0 Å². The molecule has 106 valence electrons. The van der Waals surface area contributed by atoms with Gasteiger partial charge in [-0.1, -0.05) is 18.2 Å². The number of aromatic nitrogens is 1. The minimum Gasteiger partial charge on any atom is -0.310 e. The van der Waals surface area contributed by atoms with Gasteiger partial charge in [-0.25, -0.2) is 8.42 Å². The fourth-order valence-electron chi connectivity index (χ4n) is 2.69. The van der Waals surface area contributed by atoms with Crippen molar-refractivity contribution in [3.8, 4) is 0 Å². The maximum absolute atomic E-state index is 11.4. The molecule has 0 atom stereocenters. The molecule has 1 aromatic carbocycles. The molecule has 2 aromatic rings. The number of pyridine rings is 1. The molecule has 1 fully saturated rings. The van der Waals surface area contributed by atoms with E-state index >= 15 is 0 Å². The Kier molecular flexibility index (Phi) is 3.72. The normalized spacial score (nSPS) is 19.2. The van der Waals surface area contributed by atoms with Crippen LogP contribution in [0.15, 0.2) is 36.7 Å². The first-order valence-electron chi connectivity index (χ1n) is 6.89. The maximum Gasteiger partial charge on any atom is 0.150 e. The van der Waals surface area contributed by atoms with Gasteiger partial charge in [0.25, 0.3) is 0 Å². The molecule has 1 saturated heterocycles. The van der Waals surface area contributed by atoms with E-state index in [4.69, 9.17) is 0 Å². The molecule has 2 heterocycles. The van der Waals surface area contributed by atoms with Crippen LogP contribution in [0.5, 0.6) is 0 Å². The lowest BCUT2D eigenvalue weighted by molar-refractivity contribution is 0.464. The molecule has 1 N–H and O–H groups in total. The van der Waals surface area contributed by atoms with Gasteiger partial charge in [0, 0.05) is 30.4 Å². The van der Waals surface area contributed by atoms with E-state index in [1.807, 2.05) is 18.3 Å². The maximum atomic E-state index is 11.4. The molecule has 5 heteroatoms. The molecule has 0 unspecified atom stereocenters. The van der Waals surface area contributed by atoms with Crippen LogP contribution in [0.3, 0.4) is 0 Å². The average molecular weight is 290 g/mol. The molecule has 1 aromatic heterocycles. The lowest BCUT2D eigenvalue weighted by atomic mass is 10.1. The predicted molar refractivity (Wildman–Crippen MR) is 80.3 cm³/mol. The molecule has 20 heavy (non-hydrogen) atoms. The van der Waals surface area contributed by atoms with Crippen LogP contribution in [-0.4, -0.2) is 30.9 Å². The summed E-state index contributed by atoms with van der Waals surface area (Å²) >= 11 is 0. The van der Waals surface area contributed by atoms with Crippen LogP contribution in [0, 0.1) is 0 Å². The summed E-state index contributed by atoms with van der Waals surface area (Å²) in [5, 5.41) is 5.83. The highest BCUT2D eigenvalue weighted by Gasteiger charge is 2.23. The van der Waals surface area contributed by atoms with E-state index < -0.39 is 9.84 Å². The van der Waals surface area contributed by atoms with E-state index in [2.05, 4.69) is 22.4 Å². The number of nitrogens with zero attached hydrogens (tertiary/aromatic N) is 1. The van der Waals surface area contributed by atoms with Gasteiger partial charge >= 0.3 is 0 Å². The van der Waals surface area contributed by atoms with Crippen LogP contribution in [0.4, 0.5) is 0 Å². The van der Waals surface area contributed by atoms with Crippen molar-refractivity contribution in [1.29, 1.82) is 0 Å². The van der Waals surface area contributed by atoms with Crippen LogP contribution < -0.4 is 5.32 Å². The van der Waals surface area contributed by atoms with Crippen molar-refractivity contribution in [3.05, 3.63) is 42.2 Å². The average Bonchev–Trinajstić information content (AvgIpc) is 2.46. The second-order valence-electron chi connectivity index (χ2n) is 5.32. The van der Waals surface area contributed by atoms with E-state index in [9.17, 15) is 8.42 Å². The Labute approximate surface area is 119 Å². The van der Waals surface area contributed by atoms with Crippen molar-refractivity contribution < 1.29 is 8.42 Å². The van der Waals surface area contributed by atoms with Crippen LogP contribution in [-0.2, 0) is 16.4 Å². The molecular weight excluding hydrogens is 272 g/mol. The zero-order valence-electron chi connectivity index (χ0n) is 11.2. The molecule has 0 amide bonds. The monoisotopic (exact) mass is 290 g/mol. The summed E-state index contributed by atoms with van der Waals surface area (Å²) < 4.78 is 22.8. The zero-order valence-corrected chi connectivity index (χ0v) is 12.1. The lowest BCUT2D eigenvalue weighted by Crippen LogP contribution is -2.37. The van der Waals surface area contributed by atoms with Crippen molar-refractivity contribution in [3.63, 3.8) is 0 Å². The minimum absolute atomic E-state index is 0.301. The number of hydrogen-bond acceptors (Lipinski definition) is 4. The Bertz CT molecular complexity index is 693. The third-order valence-electron chi connectivity index (χ3n) is 3.91. The summed E-state index contributed by atoms with van der Waals surface area (Å²) in [5.41, 5.74) is 1.23. The highest BCUT2D eigenvalue weighted by molar-refractivity contribution is 7.91. The fraction of sp³-hybridized carbons (Fsp3) is 0.400. The number of rotatable bonds is 3. The Morgan fingerprint density at radius 3 is 2.80 bits per heavy atom. The number of sulfone groups is 1. The van der Waals surface area contributed by atoms with E-state index in [-0.39, 0.29) is 0 Å². The summed E-state index contributed by atoms with van der Waals surface area (Å²) in [4.78, 5) is 4.13. The summed E-state index contributed by atoms with van der Waals surface area (Å²) in [6.07, 6.45) is 5.11. The smallest absolute Gasteiger partial charge is 0.150 e. The van der Waals surface area contributed by atoms with E-state index in [0.717, 1.165) is 11.9 Å². The quantitative estimate of drug-likeness (QED) is 0.938.